The monoisotopic (exact) mass is 317 g/mol. The van der Waals surface area contributed by atoms with Gasteiger partial charge in [0.1, 0.15) is 0 Å². The summed E-state index contributed by atoms with van der Waals surface area (Å²) >= 11 is 5.87. The van der Waals surface area contributed by atoms with Gasteiger partial charge in [-0.15, -0.1) is 0 Å². The van der Waals surface area contributed by atoms with E-state index in [-0.39, 0.29) is 16.0 Å². The van der Waals surface area contributed by atoms with Crippen LogP contribution in [0.4, 0.5) is 5.69 Å². The molecule has 0 aliphatic carbocycles. The minimum absolute atomic E-state index is 0.151. The summed E-state index contributed by atoms with van der Waals surface area (Å²) < 4.78 is 27.1. The van der Waals surface area contributed by atoms with Crippen molar-refractivity contribution in [1.29, 1.82) is 0 Å². The predicted octanol–water partition coefficient (Wildman–Crippen LogP) is 1.68. The van der Waals surface area contributed by atoms with Gasteiger partial charge in [0.2, 0.25) is 10.0 Å². The van der Waals surface area contributed by atoms with Crippen LogP contribution in [0, 0.1) is 0 Å². The van der Waals surface area contributed by atoms with Crippen molar-refractivity contribution in [3.8, 4) is 0 Å². The largest absolute Gasteiger partial charge is 0.398 e. The van der Waals surface area contributed by atoms with Crippen LogP contribution in [0.2, 0.25) is 5.02 Å². The summed E-state index contributed by atoms with van der Waals surface area (Å²) in [6.45, 7) is 4.50. The lowest BCUT2D eigenvalue weighted by Crippen LogP contribution is -2.39. The van der Waals surface area contributed by atoms with Gasteiger partial charge in [0, 0.05) is 12.6 Å². The molecule has 112 valence electrons. The highest BCUT2D eigenvalue weighted by Crippen LogP contribution is 2.23. The van der Waals surface area contributed by atoms with Gasteiger partial charge in [0.25, 0.3) is 0 Å². The predicted molar refractivity (Wildman–Crippen MR) is 81.3 cm³/mol. The molecule has 1 saturated heterocycles. The van der Waals surface area contributed by atoms with Gasteiger partial charge < -0.3 is 5.73 Å². The van der Waals surface area contributed by atoms with Gasteiger partial charge in [-0.05, 0) is 44.1 Å². The quantitative estimate of drug-likeness (QED) is 0.810. The third-order valence-corrected chi connectivity index (χ3v) is 5.45. The Bertz CT molecular complexity index is 577. The Labute approximate surface area is 125 Å². The highest BCUT2D eigenvalue weighted by atomic mass is 35.5. The topological polar surface area (TPSA) is 75.4 Å². The standard InChI is InChI=1S/C13H20ClN3O2S/c1-2-17-7-3-4-10(17)9-16-20(18,19)11-5-6-13(15)12(14)8-11/h5-6,8,10,16H,2-4,7,9,15H2,1H3. The number of nitrogens with one attached hydrogen (secondary N) is 1. The Hall–Kier alpha value is -0.820. The lowest BCUT2D eigenvalue weighted by molar-refractivity contribution is 0.268. The summed E-state index contributed by atoms with van der Waals surface area (Å²) in [5.41, 5.74) is 5.96. The molecule has 0 aromatic heterocycles. The third-order valence-electron chi connectivity index (χ3n) is 3.70. The van der Waals surface area contributed by atoms with E-state index in [1.54, 1.807) is 0 Å². The molecule has 5 nitrogen and oxygen atoms in total. The van der Waals surface area contributed by atoms with Crippen LogP contribution in [0.1, 0.15) is 19.8 Å². The molecule has 1 fully saturated rings. The van der Waals surface area contributed by atoms with Crippen molar-refractivity contribution in [3.05, 3.63) is 23.2 Å². The number of nitrogen functional groups attached to an aromatic ring is 1. The minimum Gasteiger partial charge on any atom is -0.398 e. The molecule has 20 heavy (non-hydrogen) atoms. The average molecular weight is 318 g/mol. The summed E-state index contributed by atoms with van der Waals surface area (Å²) in [5.74, 6) is 0. The van der Waals surface area contributed by atoms with E-state index in [9.17, 15) is 8.42 Å². The molecule has 1 aliphatic heterocycles. The van der Waals surface area contributed by atoms with E-state index in [1.807, 2.05) is 0 Å². The number of halogens is 1. The van der Waals surface area contributed by atoms with E-state index >= 15 is 0 Å². The van der Waals surface area contributed by atoms with Gasteiger partial charge in [0.05, 0.1) is 15.6 Å². The van der Waals surface area contributed by atoms with Crippen LogP contribution in [-0.2, 0) is 10.0 Å². The molecule has 1 aliphatic rings. The van der Waals surface area contributed by atoms with E-state index in [2.05, 4.69) is 16.5 Å². The van der Waals surface area contributed by atoms with Crippen LogP contribution in [0.5, 0.6) is 0 Å². The number of nitrogens with two attached hydrogens (primary N) is 1. The molecular weight excluding hydrogens is 298 g/mol. The van der Waals surface area contributed by atoms with Crippen LogP contribution in [-0.4, -0.2) is 39.0 Å². The van der Waals surface area contributed by atoms with Crippen LogP contribution in [0.25, 0.3) is 0 Å². The highest BCUT2D eigenvalue weighted by Gasteiger charge is 2.25. The molecule has 0 saturated carbocycles. The Morgan fingerprint density at radius 3 is 2.90 bits per heavy atom. The number of hydrogen-bond donors (Lipinski definition) is 2. The number of likely N-dealkylation sites (tertiary alicyclic amines) is 1. The van der Waals surface area contributed by atoms with Crippen LogP contribution in [0.15, 0.2) is 23.1 Å². The van der Waals surface area contributed by atoms with Crippen molar-refractivity contribution in [2.45, 2.75) is 30.7 Å². The molecule has 1 atom stereocenters. The lowest BCUT2D eigenvalue weighted by atomic mass is 10.2. The average Bonchev–Trinajstić information content (AvgIpc) is 2.87. The van der Waals surface area contributed by atoms with E-state index in [0.717, 1.165) is 25.9 Å². The highest BCUT2D eigenvalue weighted by molar-refractivity contribution is 7.89. The molecule has 1 unspecified atom stereocenters. The second kappa shape index (κ2) is 6.30. The fourth-order valence-electron chi connectivity index (χ4n) is 2.51. The number of likely N-dealkylation sites (N-methyl/N-ethyl adjacent to an activating group) is 1. The maximum Gasteiger partial charge on any atom is 0.240 e. The van der Waals surface area contributed by atoms with Gasteiger partial charge in [-0.2, -0.15) is 0 Å². The Morgan fingerprint density at radius 2 is 2.25 bits per heavy atom. The van der Waals surface area contributed by atoms with Crippen LogP contribution in [0.3, 0.4) is 0 Å². The van der Waals surface area contributed by atoms with Gasteiger partial charge >= 0.3 is 0 Å². The zero-order valence-electron chi connectivity index (χ0n) is 11.5. The zero-order valence-corrected chi connectivity index (χ0v) is 13.0. The maximum atomic E-state index is 12.2. The van der Waals surface area contributed by atoms with Crippen molar-refractivity contribution >= 4 is 27.3 Å². The summed E-state index contributed by atoms with van der Waals surface area (Å²) in [6, 6.07) is 4.63. The summed E-state index contributed by atoms with van der Waals surface area (Å²) in [4.78, 5) is 2.44. The first kappa shape index (κ1) is 15.6. The minimum atomic E-state index is -3.54. The van der Waals surface area contributed by atoms with Crippen molar-refractivity contribution < 1.29 is 8.42 Å². The number of rotatable bonds is 5. The maximum absolute atomic E-state index is 12.2. The van der Waals surface area contributed by atoms with Crippen LogP contribution < -0.4 is 10.5 Å². The number of benzene rings is 1. The summed E-state index contributed by atoms with van der Waals surface area (Å²) in [5, 5.41) is 0.254. The van der Waals surface area contributed by atoms with Gasteiger partial charge in [-0.1, -0.05) is 18.5 Å². The first-order chi connectivity index (χ1) is 9.44. The molecule has 0 radical (unpaired) electrons. The first-order valence-corrected chi connectivity index (χ1v) is 8.59. The Morgan fingerprint density at radius 1 is 1.50 bits per heavy atom. The number of hydrogen-bond acceptors (Lipinski definition) is 4. The molecule has 0 bridgehead atoms. The van der Waals surface area contributed by atoms with E-state index in [1.165, 1.54) is 18.2 Å². The molecule has 7 heteroatoms. The summed E-state index contributed by atoms with van der Waals surface area (Å²) in [7, 11) is -3.54. The smallest absolute Gasteiger partial charge is 0.240 e. The van der Waals surface area contributed by atoms with E-state index in [0.29, 0.717) is 12.2 Å². The Kier molecular flexibility index (Phi) is 4.90. The van der Waals surface area contributed by atoms with Gasteiger partial charge in [-0.3, -0.25) is 4.90 Å². The van der Waals surface area contributed by atoms with Crippen molar-refractivity contribution in [2.75, 3.05) is 25.4 Å². The molecule has 0 spiro atoms. The second-order valence-corrected chi connectivity index (χ2v) is 7.13. The van der Waals surface area contributed by atoms with Gasteiger partial charge in [0.15, 0.2) is 0 Å². The first-order valence-electron chi connectivity index (χ1n) is 6.73. The molecule has 1 heterocycles. The van der Waals surface area contributed by atoms with Crippen molar-refractivity contribution in [2.24, 2.45) is 0 Å². The fraction of sp³-hybridized carbons (Fsp3) is 0.538. The SMILES string of the molecule is CCN1CCCC1CNS(=O)(=O)c1ccc(N)c(Cl)c1. The summed E-state index contributed by atoms with van der Waals surface area (Å²) in [6.07, 6.45) is 2.15. The second-order valence-electron chi connectivity index (χ2n) is 4.96. The normalized spacial score (nSPS) is 20.4. The van der Waals surface area contributed by atoms with E-state index < -0.39 is 10.0 Å². The lowest BCUT2D eigenvalue weighted by Gasteiger charge is -2.22. The molecule has 0 amide bonds. The molecule has 1 aromatic rings. The van der Waals surface area contributed by atoms with Crippen molar-refractivity contribution in [3.63, 3.8) is 0 Å². The molecule has 2 rings (SSSR count). The molecular formula is C13H20ClN3O2S. The van der Waals surface area contributed by atoms with Crippen LogP contribution >= 0.6 is 11.6 Å². The van der Waals surface area contributed by atoms with Gasteiger partial charge in [-0.25, -0.2) is 13.1 Å². The van der Waals surface area contributed by atoms with E-state index in [4.69, 9.17) is 17.3 Å². The fourth-order valence-corrected chi connectivity index (χ4v) is 3.85. The zero-order chi connectivity index (χ0) is 14.8. The number of nitrogens with zero attached hydrogens (tertiary/aromatic N) is 1. The third kappa shape index (κ3) is 3.44. The number of sulfonamides is 1. The Balaban J connectivity index is 2.05. The molecule has 3 N–H and O–H groups in total. The van der Waals surface area contributed by atoms with Crippen molar-refractivity contribution in [1.82, 2.24) is 9.62 Å². The number of anilines is 1. The molecule has 1 aromatic carbocycles.